The maximum Gasteiger partial charge on any atom is 0.408 e. The summed E-state index contributed by atoms with van der Waals surface area (Å²) in [5.41, 5.74) is 1.99. The number of amides is 1. The van der Waals surface area contributed by atoms with Crippen LogP contribution in [-0.4, -0.2) is 40.9 Å². The number of ether oxygens (including phenoxy) is 2. The van der Waals surface area contributed by atoms with Crippen LogP contribution in [0.1, 0.15) is 57.6 Å². The van der Waals surface area contributed by atoms with Crippen LogP contribution >= 0.6 is 0 Å². The summed E-state index contributed by atoms with van der Waals surface area (Å²) < 4.78 is 10.7. The molecule has 170 valence electrons. The first-order chi connectivity index (χ1) is 15.0. The quantitative estimate of drug-likeness (QED) is 0.617. The zero-order valence-corrected chi connectivity index (χ0v) is 18.8. The zero-order valence-electron chi connectivity index (χ0n) is 18.8. The topological polar surface area (TPSA) is 102 Å². The highest BCUT2D eigenvalue weighted by Gasteiger charge is 2.37. The Morgan fingerprint density at radius 1 is 0.938 bits per heavy atom. The summed E-state index contributed by atoms with van der Waals surface area (Å²) in [5, 5.41) is 12.1. The minimum absolute atomic E-state index is 0.0711. The van der Waals surface area contributed by atoms with Crippen LogP contribution in [0.25, 0.3) is 11.1 Å². The molecule has 2 N–H and O–H groups in total. The van der Waals surface area contributed by atoms with E-state index in [-0.39, 0.29) is 25.4 Å². The molecule has 1 aliphatic rings. The molecule has 1 aliphatic carbocycles. The van der Waals surface area contributed by atoms with Gasteiger partial charge in [0, 0.05) is 12.3 Å². The number of benzene rings is 2. The van der Waals surface area contributed by atoms with Crippen LogP contribution in [0, 0.1) is 0 Å². The van der Waals surface area contributed by atoms with Crippen LogP contribution < -0.4 is 5.32 Å². The monoisotopic (exact) mass is 439 g/mol. The Kier molecular flexibility index (Phi) is 6.57. The molecular formula is C25H29NO6. The lowest BCUT2D eigenvalue weighted by Gasteiger charge is -2.27. The summed E-state index contributed by atoms with van der Waals surface area (Å²) in [6.45, 7) is 6.62. The van der Waals surface area contributed by atoms with Crippen molar-refractivity contribution in [3.63, 3.8) is 0 Å². The molecule has 0 bridgehead atoms. The van der Waals surface area contributed by atoms with Gasteiger partial charge in [-0.2, -0.15) is 0 Å². The molecule has 2 aromatic carbocycles. The smallest absolute Gasteiger partial charge is 0.408 e. The lowest BCUT2D eigenvalue weighted by molar-refractivity contribution is -0.155. The number of carboxylic acids is 1. The van der Waals surface area contributed by atoms with Gasteiger partial charge in [0.1, 0.15) is 17.7 Å². The third-order valence-electron chi connectivity index (χ3n) is 5.44. The lowest BCUT2D eigenvalue weighted by atomic mass is 9.96. The Balaban J connectivity index is 1.64. The Morgan fingerprint density at radius 3 is 1.97 bits per heavy atom. The fourth-order valence-corrected chi connectivity index (χ4v) is 3.83. The first-order valence-corrected chi connectivity index (χ1v) is 10.6. The molecule has 1 atom stereocenters. The minimum atomic E-state index is -1.67. The van der Waals surface area contributed by atoms with Gasteiger partial charge in [-0.3, -0.25) is 4.79 Å². The highest BCUT2D eigenvalue weighted by Crippen LogP contribution is 2.44. The molecule has 0 aliphatic heterocycles. The molecule has 0 spiro atoms. The van der Waals surface area contributed by atoms with E-state index in [0.717, 1.165) is 22.3 Å². The van der Waals surface area contributed by atoms with E-state index in [9.17, 15) is 19.5 Å². The summed E-state index contributed by atoms with van der Waals surface area (Å²) >= 11 is 0. The highest BCUT2D eigenvalue weighted by molar-refractivity contribution is 5.85. The Morgan fingerprint density at radius 2 is 1.47 bits per heavy atom. The normalized spacial score (nSPS) is 14.6. The second-order valence-electron chi connectivity index (χ2n) is 9.17. The van der Waals surface area contributed by atoms with E-state index in [1.165, 1.54) is 6.92 Å². The first kappa shape index (κ1) is 23.3. The number of nitrogens with one attached hydrogen (secondary N) is 1. The molecule has 0 radical (unpaired) electrons. The third kappa shape index (κ3) is 5.28. The fraction of sp³-hybridized carbons (Fsp3) is 0.400. The van der Waals surface area contributed by atoms with E-state index in [4.69, 9.17) is 9.47 Å². The molecule has 1 amide bonds. The van der Waals surface area contributed by atoms with Crippen molar-refractivity contribution >= 4 is 18.0 Å². The van der Waals surface area contributed by atoms with Gasteiger partial charge in [-0.15, -0.1) is 0 Å². The second-order valence-corrected chi connectivity index (χ2v) is 9.17. The van der Waals surface area contributed by atoms with Crippen molar-refractivity contribution in [2.45, 2.75) is 57.6 Å². The van der Waals surface area contributed by atoms with Crippen molar-refractivity contribution < 1.29 is 29.0 Å². The summed E-state index contributed by atoms with van der Waals surface area (Å²) in [6.07, 6.45) is -1.12. The number of carboxylic acid groups (broad SMARTS) is 1. The molecule has 0 heterocycles. The van der Waals surface area contributed by atoms with E-state index >= 15 is 0 Å². The summed E-state index contributed by atoms with van der Waals surface area (Å²) in [6, 6.07) is 15.9. The largest absolute Gasteiger partial charge is 0.480 e. The van der Waals surface area contributed by atoms with E-state index in [1.807, 2.05) is 48.5 Å². The molecular weight excluding hydrogens is 410 g/mol. The molecule has 0 aromatic heterocycles. The maximum atomic E-state index is 12.5. The van der Waals surface area contributed by atoms with E-state index < -0.39 is 29.2 Å². The Bertz CT molecular complexity index is 980. The van der Waals surface area contributed by atoms with Gasteiger partial charge in [0.25, 0.3) is 0 Å². The molecule has 0 saturated heterocycles. The number of carbonyl (C=O) groups is 3. The molecule has 32 heavy (non-hydrogen) atoms. The molecule has 0 saturated carbocycles. The van der Waals surface area contributed by atoms with Gasteiger partial charge in [-0.1, -0.05) is 48.5 Å². The zero-order chi connectivity index (χ0) is 23.5. The summed E-state index contributed by atoms with van der Waals surface area (Å²) in [4.78, 5) is 36.3. The summed E-state index contributed by atoms with van der Waals surface area (Å²) in [7, 11) is 0. The second kappa shape index (κ2) is 9.02. The number of carbonyl (C=O) groups excluding carboxylic acids is 2. The average Bonchev–Trinajstić information content (AvgIpc) is 3.03. The lowest BCUT2D eigenvalue weighted by Crippen LogP contribution is -2.52. The third-order valence-corrected chi connectivity index (χ3v) is 5.44. The van der Waals surface area contributed by atoms with Crippen molar-refractivity contribution in [1.29, 1.82) is 0 Å². The minimum Gasteiger partial charge on any atom is -0.480 e. The number of esters is 1. The SMILES string of the molecule is CC(C)(C)OC(=O)CC[C@](C)(NC(=O)OCC1c2ccccc2-c2ccccc21)C(=O)O. The van der Waals surface area contributed by atoms with Gasteiger partial charge >= 0.3 is 18.0 Å². The van der Waals surface area contributed by atoms with Crippen LogP contribution in [0.5, 0.6) is 0 Å². The van der Waals surface area contributed by atoms with Crippen molar-refractivity contribution in [1.82, 2.24) is 5.32 Å². The standard InChI is InChI=1S/C25H29NO6/c1-24(2,3)32-21(27)13-14-25(4,22(28)29)26-23(30)31-15-20-18-11-7-5-9-16(18)17-10-6-8-12-19(17)20/h5-12,20H,13-15H2,1-4H3,(H,26,30)(H,28,29)/t25-/m0/s1. The fourth-order valence-electron chi connectivity index (χ4n) is 3.83. The van der Waals surface area contributed by atoms with Gasteiger partial charge in [-0.25, -0.2) is 9.59 Å². The Labute approximate surface area is 187 Å². The highest BCUT2D eigenvalue weighted by atomic mass is 16.6. The molecule has 7 nitrogen and oxygen atoms in total. The van der Waals surface area contributed by atoms with Gasteiger partial charge in [0.15, 0.2) is 0 Å². The van der Waals surface area contributed by atoms with Crippen LogP contribution in [-0.2, 0) is 19.1 Å². The maximum absolute atomic E-state index is 12.5. The molecule has 0 unspecified atom stereocenters. The molecule has 3 rings (SSSR count). The molecule has 2 aromatic rings. The number of alkyl carbamates (subject to hydrolysis) is 1. The van der Waals surface area contributed by atoms with E-state index in [0.29, 0.717) is 0 Å². The molecule has 7 heteroatoms. The van der Waals surface area contributed by atoms with Gasteiger partial charge in [0.05, 0.1) is 0 Å². The number of hydrogen-bond acceptors (Lipinski definition) is 5. The van der Waals surface area contributed by atoms with E-state index in [2.05, 4.69) is 5.32 Å². The van der Waals surface area contributed by atoms with Crippen LogP contribution in [0.2, 0.25) is 0 Å². The van der Waals surface area contributed by atoms with Crippen molar-refractivity contribution in [3.05, 3.63) is 59.7 Å². The first-order valence-electron chi connectivity index (χ1n) is 10.6. The number of hydrogen-bond donors (Lipinski definition) is 2. The predicted octanol–water partition coefficient (Wildman–Crippen LogP) is 4.49. The van der Waals surface area contributed by atoms with Crippen LogP contribution in [0.15, 0.2) is 48.5 Å². The molecule has 0 fully saturated rings. The van der Waals surface area contributed by atoms with Gasteiger partial charge in [-0.05, 0) is 56.4 Å². The number of aliphatic carboxylic acids is 1. The predicted molar refractivity (Wildman–Crippen MR) is 119 cm³/mol. The van der Waals surface area contributed by atoms with Gasteiger partial charge in [0.2, 0.25) is 0 Å². The number of rotatable bonds is 7. The van der Waals surface area contributed by atoms with Crippen molar-refractivity contribution in [2.75, 3.05) is 6.61 Å². The van der Waals surface area contributed by atoms with Crippen LogP contribution in [0.3, 0.4) is 0 Å². The average molecular weight is 440 g/mol. The summed E-state index contributed by atoms with van der Waals surface area (Å²) in [5.74, 6) is -1.92. The van der Waals surface area contributed by atoms with E-state index in [1.54, 1.807) is 20.8 Å². The Hall–Kier alpha value is -3.35. The van der Waals surface area contributed by atoms with Crippen LogP contribution in [0.4, 0.5) is 4.79 Å². The van der Waals surface area contributed by atoms with Crippen molar-refractivity contribution in [2.24, 2.45) is 0 Å². The number of fused-ring (bicyclic) bond motifs is 3. The van der Waals surface area contributed by atoms with Crippen molar-refractivity contribution in [3.8, 4) is 11.1 Å². The van der Waals surface area contributed by atoms with Gasteiger partial charge < -0.3 is 19.9 Å².